The molecule has 0 unspecified atom stereocenters. The number of Topliss-reactive ketones (excluding diaryl/α,β-unsaturated/α-hetero) is 1. The van der Waals surface area contributed by atoms with E-state index in [0.29, 0.717) is 12.2 Å². The van der Waals surface area contributed by atoms with E-state index in [0.717, 1.165) is 19.3 Å². The Morgan fingerprint density at radius 2 is 1.73 bits per heavy atom. The van der Waals surface area contributed by atoms with E-state index in [9.17, 15) is 4.79 Å². The van der Waals surface area contributed by atoms with Crippen LogP contribution in [-0.2, 0) is 11.2 Å². The Morgan fingerprint density at radius 1 is 0.933 bits per heavy atom. The molecule has 1 nitrogen and oxygen atoms in total. The molecule has 0 N–H and O–H groups in total. The summed E-state index contributed by atoms with van der Waals surface area (Å²) >= 11 is 0. The predicted octanol–water partition coefficient (Wildman–Crippen LogP) is 3.14. The summed E-state index contributed by atoms with van der Waals surface area (Å²) in [4.78, 5) is 11.5. The largest absolute Gasteiger partial charge is 0.299 e. The molecule has 0 amide bonds. The maximum atomic E-state index is 11.5. The molecule has 15 heavy (non-hydrogen) atoms. The smallest absolute Gasteiger partial charge is 0.137 e. The van der Waals surface area contributed by atoms with Crippen molar-refractivity contribution in [2.75, 3.05) is 0 Å². The van der Waals surface area contributed by atoms with Crippen LogP contribution in [0.5, 0.6) is 0 Å². The number of benzene rings is 1. The number of carbonyl (C=O) groups is 1. The van der Waals surface area contributed by atoms with E-state index in [2.05, 4.69) is 24.3 Å². The molecule has 1 aromatic carbocycles. The lowest BCUT2D eigenvalue weighted by molar-refractivity contribution is -0.118. The highest BCUT2D eigenvalue weighted by Gasteiger charge is 2.24. The molecule has 0 spiro atoms. The third-order valence-electron chi connectivity index (χ3n) is 3.54. The van der Waals surface area contributed by atoms with Gasteiger partial charge in [0.1, 0.15) is 5.78 Å². The van der Waals surface area contributed by atoms with Crippen LogP contribution in [0.2, 0.25) is 0 Å². The number of ketones is 1. The van der Waals surface area contributed by atoms with Crippen molar-refractivity contribution in [2.24, 2.45) is 0 Å². The minimum atomic E-state index is 0.408. The van der Waals surface area contributed by atoms with Crippen molar-refractivity contribution >= 4 is 11.4 Å². The quantitative estimate of drug-likeness (QED) is 0.626. The van der Waals surface area contributed by atoms with Crippen molar-refractivity contribution in [3.63, 3.8) is 0 Å². The van der Waals surface area contributed by atoms with Gasteiger partial charge in [-0.25, -0.2) is 0 Å². The Labute approximate surface area is 89.8 Å². The zero-order chi connectivity index (χ0) is 10.3. The molecule has 1 heteroatoms. The third kappa shape index (κ3) is 1.43. The lowest BCUT2D eigenvalue weighted by Gasteiger charge is -2.26. The summed E-state index contributed by atoms with van der Waals surface area (Å²) in [5.74, 6) is 0.408. The molecule has 3 rings (SSSR count). The van der Waals surface area contributed by atoms with Crippen LogP contribution in [0.25, 0.3) is 5.57 Å². The first kappa shape index (κ1) is 8.90. The number of carbonyl (C=O) groups excluding carboxylic acids is 1. The molecule has 0 fully saturated rings. The van der Waals surface area contributed by atoms with Crippen LogP contribution in [0.4, 0.5) is 0 Å². The number of aryl methyl sites for hydroxylation is 1. The molecule has 0 atom stereocenters. The van der Waals surface area contributed by atoms with Gasteiger partial charge in [0.15, 0.2) is 0 Å². The van der Waals surface area contributed by atoms with Crippen LogP contribution in [0, 0.1) is 0 Å². The molecular formula is C14H14O. The SMILES string of the molecule is O=C1CCC2=C(C1)c1ccccc1CC2. The normalized spacial score (nSPS) is 19.9. The van der Waals surface area contributed by atoms with E-state index in [1.807, 2.05) is 0 Å². The van der Waals surface area contributed by atoms with Gasteiger partial charge in [-0.1, -0.05) is 29.8 Å². The molecule has 76 valence electrons. The summed E-state index contributed by atoms with van der Waals surface area (Å²) in [6.07, 6.45) is 4.76. The minimum absolute atomic E-state index is 0.408. The first-order chi connectivity index (χ1) is 7.34. The number of hydrogen-bond acceptors (Lipinski definition) is 1. The van der Waals surface area contributed by atoms with Gasteiger partial charge in [-0.2, -0.15) is 0 Å². The van der Waals surface area contributed by atoms with Gasteiger partial charge in [0, 0.05) is 12.8 Å². The summed E-state index contributed by atoms with van der Waals surface area (Å²) in [7, 11) is 0. The molecular weight excluding hydrogens is 184 g/mol. The van der Waals surface area contributed by atoms with Crippen LogP contribution < -0.4 is 0 Å². The molecule has 0 bridgehead atoms. The summed E-state index contributed by atoms with van der Waals surface area (Å²) in [6, 6.07) is 8.53. The lowest BCUT2D eigenvalue weighted by Crippen LogP contribution is -2.14. The second-order valence-electron chi connectivity index (χ2n) is 4.45. The molecule has 0 aliphatic heterocycles. The molecule has 0 saturated heterocycles. The molecule has 2 aliphatic rings. The van der Waals surface area contributed by atoms with Crippen LogP contribution >= 0.6 is 0 Å². The van der Waals surface area contributed by atoms with E-state index in [-0.39, 0.29) is 0 Å². The van der Waals surface area contributed by atoms with Crippen molar-refractivity contribution in [1.29, 1.82) is 0 Å². The minimum Gasteiger partial charge on any atom is -0.299 e. The van der Waals surface area contributed by atoms with Gasteiger partial charge < -0.3 is 0 Å². The Balaban J connectivity index is 2.13. The van der Waals surface area contributed by atoms with Crippen molar-refractivity contribution in [3.8, 4) is 0 Å². The topological polar surface area (TPSA) is 17.1 Å². The van der Waals surface area contributed by atoms with Crippen LogP contribution in [0.1, 0.15) is 36.8 Å². The van der Waals surface area contributed by atoms with Gasteiger partial charge in [0.25, 0.3) is 0 Å². The van der Waals surface area contributed by atoms with E-state index < -0.39 is 0 Å². The number of rotatable bonds is 0. The Bertz CT molecular complexity index is 454. The number of allylic oxidation sites excluding steroid dienone is 2. The third-order valence-corrected chi connectivity index (χ3v) is 3.54. The first-order valence-corrected chi connectivity index (χ1v) is 5.65. The van der Waals surface area contributed by atoms with Gasteiger partial charge in [-0.15, -0.1) is 0 Å². The molecule has 0 aromatic heterocycles. The van der Waals surface area contributed by atoms with Crippen molar-refractivity contribution in [1.82, 2.24) is 0 Å². The molecule has 0 heterocycles. The number of fused-ring (bicyclic) bond motifs is 2. The van der Waals surface area contributed by atoms with Gasteiger partial charge in [0.2, 0.25) is 0 Å². The maximum Gasteiger partial charge on any atom is 0.137 e. The zero-order valence-corrected chi connectivity index (χ0v) is 8.75. The maximum absolute atomic E-state index is 11.5. The number of hydrogen-bond donors (Lipinski definition) is 0. The van der Waals surface area contributed by atoms with Crippen LogP contribution in [0.15, 0.2) is 29.8 Å². The molecule has 2 aliphatic carbocycles. The van der Waals surface area contributed by atoms with Crippen molar-refractivity contribution in [2.45, 2.75) is 32.1 Å². The lowest BCUT2D eigenvalue weighted by atomic mass is 9.78. The van der Waals surface area contributed by atoms with E-state index >= 15 is 0 Å². The summed E-state index contributed by atoms with van der Waals surface area (Å²) in [5.41, 5.74) is 5.64. The fourth-order valence-electron chi connectivity index (χ4n) is 2.73. The average Bonchev–Trinajstić information content (AvgIpc) is 2.29. The van der Waals surface area contributed by atoms with Gasteiger partial charge in [-0.05, 0) is 36.0 Å². The predicted molar refractivity (Wildman–Crippen MR) is 60.5 cm³/mol. The highest BCUT2D eigenvalue weighted by atomic mass is 16.1. The van der Waals surface area contributed by atoms with Gasteiger partial charge in [-0.3, -0.25) is 4.79 Å². The van der Waals surface area contributed by atoms with Crippen molar-refractivity contribution < 1.29 is 4.79 Å². The Hall–Kier alpha value is -1.37. The van der Waals surface area contributed by atoms with E-state index in [4.69, 9.17) is 0 Å². The summed E-state index contributed by atoms with van der Waals surface area (Å²) < 4.78 is 0. The standard InChI is InChI=1S/C14H14O/c15-12-8-7-11-6-5-10-3-1-2-4-13(10)14(11)9-12/h1-4H,5-9H2. The second kappa shape index (κ2) is 3.34. The fourth-order valence-corrected chi connectivity index (χ4v) is 2.73. The van der Waals surface area contributed by atoms with E-state index in [1.54, 1.807) is 0 Å². The summed E-state index contributed by atoms with van der Waals surface area (Å²) in [5, 5.41) is 0. The van der Waals surface area contributed by atoms with Crippen molar-refractivity contribution in [3.05, 3.63) is 41.0 Å². The van der Waals surface area contributed by atoms with Gasteiger partial charge in [0.05, 0.1) is 0 Å². The Morgan fingerprint density at radius 3 is 2.67 bits per heavy atom. The highest BCUT2D eigenvalue weighted by Crippen LogP contribution is 2.38. The molecule has 0 radical (unpaired) electrons. The average molecular weight is 198 g/mol. The first-order valence-electron chi connectivity index (χ1n) is 5.65. The zero-order valence-electron chi connectivity index (χ0n) is 8.75. The summed E-state index contributed by atoms with van der Waals surface area (Å²) in [6.45, 7) is 0. The monoisotopic (exact) mass is 198 g/mol. The Kier molecular flexibility index (Phi) is 1.98. The van der Waals surface area contributed by atoms with Crippen LogP contribution in [0.3, 0.4) is 0 Å². The molecule has 1 aromatic rings. The highest BCUT2D eigenvalue weighted by molar-refractivity contribution is 5.94. The molecule has 0 saturated carbocycles. The van der Waals surface area contributed by atoms with Crippen LogP contribution in [-0.4, -0.2) is 5.78 Å². The van der Waals surface area contributed by atoms with Gasteiger partial charge >= 0.3 is 0 Å². The fraction of sp³-hybridized carbons (Fsp3) is 0.357. The van der Waals surface area contributed by atoms with E-state index in [1.165, 1.54) is 28.7 Å². The second-order valence-corrected chi connectivity index (χ2v) is 4.45.